The maximum absolute atomic E-state index is 14.8. The number of amidine groups is 1. The lowest BCUT2D eigenvalue weighted by Crippen LogP contribution is -2.46. The minimum absolute atomic E-state index is 0.0503. The summed E-state index contributed by atoms with van der Waals surface area (Å²) < 4.78 is 103. The molecule has 0 saturated carbocycles. The molecule has 4 rings (SSSR count). The molecule has 1 fully saturated rings. The number of nitrogens with one attached hydrogen (secondary N) is 1. The summed E-state index contributed by atoms with van der Waals surface area (Å²) in [7, 11) is 0. The Morgan fingerprint density at radius 3 is 2.57 bits per heavy atom. The highest BCUT2D eigenvalue weighted by atomic mass is 32.2. The Morgan fingerprint density at radius 1 is 1.20 bits per heavy atom. The first-order chi connectivity index (χ1) is 16.3. The fraction of sp³-hybridized carbons (Fsp3) is 0.368. The van der Waals surface area contributed by atoms with E-state index >= 15 is 0 Å². The Kier molecular flexibility index (Phi) is 6.29. The molecule has 0 aliphatic carbocycles. The van der Waals surface area contributed by atoms with Gasteiger partial charge in [-0.15, -0.1) is 0 Å². The van der Waals surface area contributed by atoms with Crippen molar-refractivity contribution in [2.24, 2.45) is 16.6 Å². The number of fused-ring (bicyclic) bond motifs is 1. The van der Waals surface area contributed by atoms with Gasteiger partial charge < -0.3 is 15.2 Å². The summed E-state index contributed by atoms with van der Waals surface area (Å²) in [6.07, 6.45) is -12.0. The third-order valence-corrected chi connectivity index (χ3v) is 6.21. The standard InChI is InChI=1S/C19H14F7N5O3S/c20-11-2-1-8(30-16(32)34-13-5-28-12(4-29-13)18(21,22)23)3-9(11)17-7-33-14(19(24,25)26)10(17)6-35-15(27)31-17/h1-5,10,14H,6-7H2,(H2,27,31)(H,30,32)/t10-,14+,17-/m1/s1. The predicted octanol–water partition coefficient (Wildman–Crippen LogP) is 4.08. The first-order valence-electron chi connectivity index (χ1n) is 9.64. The lowest BCUT2D eigenvalue weighted by Gasteiger charge is -2.36. The minimum Gasteiger partial charge on any atom is -0.389 e. The molecule has 1 amide bonds. The molecule has 1 saturated heterocycles. The molecule has 3 atom stereocenters. The molecule has 3 N–H and O–H groups in total. The number of aliphatic imine (C=N–C) groups is 1. The van der Waals surface area contributed by atoms with Crippen molar-refractivity contribution < 1.29 is 45.0 Å². The number of ether oxygens (including phenoxy) is 2. The van der Waals surface area contributed by atoms with E-state index in [1.54, 1.807) is 0 Å². The lowest BCUT2D eigenvalue weighted by atomic mass is 9.78. The third-order valence-electron chi connectivity index (χ3n) is 5.30. The summed E-state index contributed by atoms with van der Waals surface area (Å²) in [6.45, 7) is -0.602. The number of hydrogen-bond donors (Lipinski definition) is 2. The molecule has 1 aromatic carbocycles. The number of carbonyl (C=O) groups excluding carboxylic acids is 1. The van der Waals surface area contributed by atoms with Crippen LogP contribution in [0.5, 0.6) is 5.88 Å². The molecule has 35 heavy (non-hydrogen) atoms. The van der Waals surface area contributed by atoms with Crippen LogP contribution in [-0.4, -0.2) is 45.9 Å². The second-order valence-electron chi connectivity index (χ2n) is 7.51. The average Bonchev–Trinajstić information content (AvgIpc) is 3.14. The zero-order valence-corrected chi connectivity index (χ0v) is 18.0. The molecular weight excluding hydrogens is 511 g/mol. The van der Waals surface area contributed by atoms with Gasteiger partial charge in [0.1, 0.15) is 11.4 Å². The number of thioether (sulfide) groups is 1. The summed E-state index contributed by atoms with van der Waals surface area (Å²) >= 11 is 0.884. The van der Waals surface area contributed by atoms with Crippen LogP contribution in [0.1, 0.15) is 11.3 Å². The van der Waals surface area contributed by atoms with E-state index in [0.717, 1.165) is 30.0 Å². The van der Waals surface area contributed by atoms with Crippen molar-refractivity contribution in [1.29, 1.82) is 0 Å². The molecule has 0 spiro atoms. The number of alkyl halides is 6. The molecule has 3 heterocycles. The molecule has 2 aliphatic rings. The molecule has 0 unspecified atom stereocenters. The third kappa shape index (κ3) is 4.98. The van der Waals surface area contributed by atoms with Crippen LogP contribution in [0.2, 0.25) is 0 Å². The number of hydrogen-bond acceptors (Lipinski definition) is 8. The van der Waals surface area contributed by atoms with Crippen LogP contribution in [0.15, 0.2) is 35.6 Å². The summed E-state index contributed by atoms with van der Waals surface area (Å²) in [5.74, 6) is -2.89. The largest absolute Gasteiger partial charge is 0.434 e. The lowest BCUT2D eigenvalue weighted by molar-refractivity contribution is -0.215. The van der Waals surface area contributed by atoms with Gasteiger partial charge in [0.25, 0.3) is 0 Å². The van der Waals surface area contributed by atoms with Crippen molar-refractivity contribution in [2.75, 3.05) is 17.7 Å². The zero-order chi connectivity index (χ0) is 25.6. The number of anilines is 1. The summed E-state index contributed by atoms with van der Waals surface area (Å²) in [5, 5.41) is 2.16. The van der Waals surface area contributed by atoms with Crippen LogP contribution in [-0.2, 0) is 16.5 Å². The molecule has 0 bridgehead atoms. The smallest absolute Gasteiger partial charge is 0.389 e. The molecule has 188 valence electrons. The highest BCUT2D eigenvalue weighted by molar-refractivity contribution is 8.13. The fourth-order valence-electron chi connectivity index (χ4n) is 3.78. The van der Waals surface area contributed by atoms with E-state index in [2.05, 4.69) is 20.3 Å². The highest BCUT2D eigenvalue weighted by Gasteiger charge is 2.62. The number of rotatable bonds is 3. The minimum atomic E-state index is -4.74. The Hall–Kier alpha value is -3.14. The van der Waals surface area contributed by atoms with Crippen LogP contribution < -0.4 is 15.8 Å². The highest BCUT2D eigenvalue weighted by Crippen LogP contribution is 2.52. The number of carbonyl (C=O) groups is 1. The monoisotopic (exact) mass is 525 g/mol. The average molecular weight is 525 g/mol. The predicted molar refractivity (Wildman–Crippen MR) is 108 cm³/mol. The van der Waals surface area contributed by atoms with Gasteiger partial charge in [0, 0.05) is 22.9 Å². The van der Waals surface area contributed by atoms with Crippen LogP contribution in [0.25, 0.3) is 0 Å². The van der Waals surface area contributed by atoms with E-state index in [1.165, 1.54) is 0 Å². The zero-order valence-electron chi connectivity index (χ0n) is 17.2. The molecule has 16 heteroatoms. The van der Waals surface area contributed by atoms with E-state index < -0.39 is 60.0 Å². The van der Waals surface area contributed by atoms with Crippen molar-refractivity contribution in [1.82, 2.24) is 9.97 Å². The van der Waals surface area contributed by atoms with Crippen molar-refractivity contribution in [3.63, 3.8) is 0 Å². The Labute approximate surface area is 196 Å². The summed E-state index contributed by atoms with van der Waals surface area (Å²) in [6, 6.07) is 3.08. The molecule has 0 radical (unpaired) electrons. The Balaban J connectivity index is 1.58. The van der Waals surface area contributed by atoms with Crippen molar-refractivity contribution in [2.45, 2.75) is 24.0 Å². The summed E-state index contributed by atoms with van der Waals surface area (Å²) in [4.78, 5) is 22.7. The van der Waals surface area contributed by atoms with Gasteiger partial charge in [-0.3, -0.25) is 5.32 Å². The van der Waals surface area contributed by atoms with Gasteiger partial charge in [0.05, 0.1) is 19.0 Å². The van der Waals surface area contributed by atoms with Gasteiger partial charge >= 0.3 is 18.4 Å². The molecule has 2 aromatic rings. The molecular formula is C19H14F7N5O3S. The number of aromatic nitrogens is 2. The van der Waals surface area contributed by atoms with Crippen LogP contribution in [0.3, 0.4) is 0 Å². The van der Waals surface area contributed by atoms with E-state index in [4.69, 9.17) is 15.2 Å². The van der Waals surface area contributed by atoms with Gasteiger partial charge in [-0.2, -0.15) is 26.3 Å². The summed E-state index contributed by atoms with van der Waals surface area (Å²) in [5.41, 5.74) is 2.26. The fourth-order valence-corrected chi connectivity index (χ4v) is 4.81. The van der Waals surface area contributed by atoms with Gasteiger partial charge in [-0.05, 0) is 18.2 Å². The molecule has 2 aliphatic heterocycles. The Bertz CT molecular complexity index is 1160. The van der Waals surface area contributed by atoms with E-state index in [-0.39, 0.29) is 22.2 Å². The normalized spacial score (nSPS) is 24.5. The number of nitrogens with two attached hydrogens (primary N) is 1. The SMILES string of the molecule is NC1=N[C@@]2(c3cc(NC(=O)Oc4cnc(C(F)(F)F)cn4)ccc3F)CO[C@H](C(F)(F)F)[C@H]2CS1. The number of halogens is 7. The topological polar surface area (TPSA) is 112 Å². The second kappa shape index (κ2) is 8.82. The van der Waals surface area contributed by atoms with Crippen molar-refractivity contribution in [3.8, 4) is 5.88 Å². The van der Waals surface area contributed by atoms with Gasteiger partial charge in [-0.25, -0.2) is 24.1 Å². The van der Waals surface area contributed by atoms with Crippen LogP contribution in [0, 0.1) is 11.7 Å². The van der Waals surface area contributed by atoms with Gasteiger partial charge in [0.2, 0.25) is 5.88 Å². The first-order valence-corrected chi connectivity index (χ1v) is 10.6. The van der Waals surface area contributed by atoms with E-state index in [9.17, 15) is 35.5 Å². The van der Waals surface area contributed by atoms with Crippen molar-refractivity contribution >= 4 is 28.7 Å². The number of benzene rings is 1. The van der Waals surface area contributed by atoms with E-state index in [0.29, 0.717) is 12.4 Å². The number of nitrogens with zero attached hydrogens (tertiary/aromatic N) is 3. The maximum atomic E-state index is 14.8. The molecule has 8 nitrogen and oxygen atoms in total. The quantitative estimate of drug-likeness (QED) is 0.581. The van der Waals surface area contributed by atoms with Crippen LogP contribution >= 0.6 is 11.8 Å². The Morgan fingerprint density at radius 2 is 1.94 bits per heavy atom. The second-order valence-corrected chi connectivity index (χ2v) is 8.55. The maximum Gasteiger partial charge on any atom is 0.434 e. The molecule has 1 aromatic heterocycles. The van der Waals surface area contributed by atoms with Crippen LogP contribution in [0.4, 0.5) is 41.2 Å². The first kappa shape index (κ1) is 25.0. The van der Waals surface area contributed by atoms with E-state index in [1.807, 2.05) is 0 Å². The number of amides is 1. The van der Waals surface area contributed by atoms with Crippen molar-refractivity contribution in [3.05, 3.63) is 47.7 Å². The van der Waals surface area contributed by atoms with Gasteiger partial charge in [0.15, 0.2) is 17.0 Å². The van der Waals surface area contributed by atoms with Gasteiger partial charge in [-0.1, -0.05) is 11.8 Å².